The quantitative estimate of drug-likeness (QED) is 0.273. The fourth-order valence-electron chi connectivity index (χ4n) is 4.82. The predicted molar refractivity (Wildman–Crippen MR) is 148 cm³/mol. The molecule has 0 aliphatic heterocycles. The van der Waals surface area contributed by atoms with E-state index in [2.05, 4.69) is 31.7 Å². The first kappa shape index (κ1) is 25.2. The molecule has 8 heteroatoms. The van der Waals surface area contributed by atoms with Crippen LogP contribution in [0.3, 0.4) is 0 Å². The number of amides is 1. The molecule has 1 amide bonds. The number of ether oxygens (including phenoxy) is 2. The van der Waals surface area contributed by atoms with Gasteiger partial charge < -0.3 is 20.1 Å². The average molecular weight is 510 g/mol. The van der Waals surface area contributed by atoms with Crippen LogP contribution in [0.5, 0.6) is 17.4 Å². The number of nitrogens with one attached hydrogen (secondary N) is 2. The second-order valence-electron chi connectivity index (χ2n) is 9.25. The number of pyridine rings is 1. The number of carbonyl (C=O) groups is 1. The smallest absolute Gasteiger partial charge is 0.255 e. The van der Waals surface area contributed by atoms with Gasteiger partial charge in [0, 0.05) is 25.0 Å². The third-order valence-electron chi connectivity index (χ3n) is 6.79. The number of benzene rings is 2. The molecule has 0 radical (unpaired) electrons. The van der Waals surface area contributed by atoms with Gasteiger partial charge in [0.25, 0.3) is 5.91 Å². The standard InChI is InChI=1S/C30H31N5O3/c1-31-30-33-17-15-25(35-30)24-12-7-16-32-29(24)38-23-11-6-10-22(18-23)28(36)34-26-19-21(13-14-27(26)37-2)20-8-4-3-5-9-20/h6-7,10-20H,3-5,8-9H2,1-2H3,(H,34,36)(H,31,33,35). The Morgan fingerprint density at radius 3 is 2.63 bits per heavy atom. The van der Waals surface area contributed by atoms with Gasteiger partial charge >= 0.3 is 0 Å². The lowest BCUT2D eigenvalue weighted by Gasteiger charge is -2.23. The van der Waals surface area contributed by atoms with Crippen molar-refractivity contribution in [3.8, 4) is 28.6 Å². The van der Waals surface area contributed by atoms with E-state index in [4.69, 9.17) is 9.47 Å². The maximum Gasteiger partial charge on any atom is 0.255 e. The molecule has 8 nitrogen and oxygen atoms in total. The highest BCUT2D eigenvalue weighted by Crippen LogP contribution is 2.37. The molecule has 5 rings (SSSR count). The topological polar surface area (TPSA) is 98.3 Å². The second-order valence-corrected chi connectivity index (χ2v) is 9.25. The van der Waals surface area contributed by atoms with E-state index < -0.39 is 0 Å². The first-order valence-corrected chi connectivity index (χ1v) is 12.9. The van der Waals surface area contributed by atoms with Gasteiger partial charge in [-0.1, -0.05) is 31.4 Å². The number of rotatable bonds is 8. The highest BCUT2D eigenvalue weighted by Gasteiger charge is 2.19. The van der Waals surface area contributed by atoms with E-state index in [1.165, 1.54) is 37.7 Å². The summed E-state index contributed by atoms with van der Waals surface area (Å²) in [5.74, 6) is 2.28. The summed E-state index contributed by atoms with van der Waals surface area (Å²) in [5, 5.41) is 5.98. The van der Waals surface area contributed by atoms with Gasteiger partial charge in [0.1, 0.15) is 11.5 Å². The fourth-order valence-corrected chi connectivity index (χ4v) is 4.82. The first-order valence-electron chi connectivity index (χ1n) is 12.9. The summed E-state index contributed by atoms with van der Waals surface area (Å²) in [5.41, 5.74) is 3.76. The molecule has 0 spiro atoms. The van der Waals surface area contributed by atoms with E-state index in [-0.39, 0.29) is 5.91 Å². The monoisotopic (exact) mass is 509 g/mol. The molecule has 0 unspecified atom stereocenters. The first-order chi connectivity index (χ1) is 18.6. The van der Waals surface area contributed by atoms with Gasteiger partial charge in [-0.05, 0) is 72.9 Å². The fraction of sp³-hybridized carbons (Fsp3) is 0.267. The van der Waals surface area contributed by atoms with Gasteiger partial charge in [0.05, 0.1) is 24.1 Å². The van der Waals surface area contributed by atoms with Crippen molar-refractivity contribution in [1.29, 1.82) is 0 Å². The van der Waals surface area contributed by atoms with E-state index in [1.54, 1.807) is 56.9 Å². The Balaban J connectivity index is 1.36. The van der Waals surface area contributed by atoms with Crippen LogP contribution in [0.15, 0.2) is 73.1 Å². The lowest BCUT2D eigenvalue weighted by Crippen LogP contribution is -2.13. The third kappa shape index (κ3) is 5.75. The van der Waals surface area contributed by atoms with Crippen molar-refractivity contribution in [3.05, 3.63) is 84.2 Å². The summed E-state index contributed by atoms with van der Waals surface area (Å²) in [6, 6.07) is 18.6. The number of methoxy groups -OCH3 is 1. The number of aromatic nitrogens is 3. The molecule has 1 aliphatic carbocycles. The molecule has 0 bridgehead atoms. The SMILES string of the molecule is CNc1nccc(-c2cccnc2Oc2cccc(C(=O)Nc3cc(C4CCCCC4)ccc3OC)c2)n1. The predicted octanol–water partition coefficient (Wildman–Crippen LogP) is 6.68. The molecule has 2 N–H and O–H groups in total. The number of hydrogen-bond donors (Lipinski definition) is 2. The molecule has 4 aromatic rings. The van der Waals surface area contributed by atoms with Crippen molar-refractivity contribution >= 4 is 17.5 Å². The zero-order chi connectivity index (χ0) is 26.3. The minimum Gasteiger partial charge on any atom is -0.495 e. The van der Waals surface area contributed by atoms with E-state index in [9.17, 15) is 4.79 Å². The Morgan fingerprint density at radius 1 is 0.947 bits per heavy atom. The lowest BCUT2D eigenvalue weighted by atomic mass is 9.84. The van der Waals surface area contributed by atoms with Crippen molar-refractivity contribution in [2.75, 3.05) is 24.8 Å². The summed E-state index contributed by atoms with van der Waals surface area (Å²) in [7, 11) is 3.37. The van der Waals surface area contributed by atoms with Crippen LogP contribution in [0.4, 0.5) is 11.6 Å². The number of nitrogens with zero attached hydrogens (tertiary/aromatic N) is 3. The van der Waals surface area contributed by atoms with Gasteiger partial charge in [0.2, 0.25) is 11.8 Å². The molecule has 2 heterocycles. The van der Waals surface area contributed by atoms with Crippen molar-refractivity contribution in [2.45, 2.75) is 38.0 Å². The number of anilines is 2. The van der Waals surface area contributed by atoms with Gasteiger partial charge in [-0.25, -0.2) is 15.0 Å². The Labute approximate surface area is 222 Å². The van der Waals surface area contributed by atoms with E-state index >= 15 is 0 Å². The minimum absolute atomic E-state index is 0.245. The molecule has 0 saturated heterocycles. The van der Waals surface area contributed by atoms with E-state index in [1.807, 2.05) is 24.3 Å². The highest BCUT2D eigenvalue weighted by molar-refractivity contribution is 6.05. The maximum absolute atomic E-state index is 13.3. The largest absolute Gasteiger partial charge is 0.495 e. The van der Waals surface area contributed by atoms with Gasteiger partial charge in [-0.15, -0.1) is 0 Å². The zero-order valence-electron chi connectivity index (χ0n) is 21.6. The van der Waals surface area contributed by atoms with Crippen LogP contribution in [0.2, 0.25) is 0 Å². The molecule has 1 saturated carbocycles. The lowest BCUT2D eigenvalue weighted by molar-refractivity contribution is 0.102. The van der Waals surface area contributed by atoms with Crippen LogP contribution in [0.25, 0.3) is 11.3 Å². The van der Waals surface area contributed by atoms with Crippen LogP contribution in [-0.4, -0.2) is 35.0 Å². The molecule has 2 aromatic heterocycles. The van der Waals surface area contributed by atoms with Gasteiger partial charge in [-0.3, -0.25) is 4.79 Å². The number of carbonyl (C=O) groups excluding carboxylic acids is 1. The van der Waals surface area contributed by atoms with Crippen LogP contribution >= 0.6 is 0 Å². The van der Waals surface area contributed by atoms with Crippen molar-refractivity contribution in [2.24, 2.45) is 0 Å². The molecule has 38 heavy (non-hydrogen) atoms. The Morgan fingerprint density at radius 2 is 1.82 bits per heavy atom. The molecule has 0 atom stereocenters. The van der Waals surface area contributed by atoms with Crippen LogP contribution in [0, 0.1) is 0 Å². The zero-order valence-corrected chi connectivity index (χ0v) is 21.6. The summed E-state index contributed by atoms with van der Waals surface area (Å²) < 4.78 is 11.7. The Hall–Kier alpha value is -4.46. The summed E-state index contributed by atoms with van der Waals surface area (Å²) >= 11 is 0. The summed E-state index contributed by atoms with van der Waals surface area (Å²) in [4.78, 5) is 26.3. The Kier molecular flexibility index (Phi) is 7.78. The minimum atomic E-state index is -0.245. The number of hydrogen-bond acceptors (Lipinski definition) is 7. The average Bonchev–Trinajstić information content (AvgIpc) is 2.98. The molecule has 2 aromatic carbocycles. The third-order valence-corrected chi connectivity index (χ3v) is 6.79. The van der Waals surface area contributed by atoms with Crippen LogP contribution in [-0.2, 0) is 0 Å². The molecular weight excluding hydrogens is 478 g/mol. The van der Waals surface area contributed by atoms with Crippen molar-refractivity contribution in [1.82, 2.24) is 15.0 Å². The molecule has 1 fully saturated rings. The van der Waals surface area contributed by atoms with E-state index in [0.717, 1.165) is 0 Å². The molecule has 194 valence electrons. The van der Waals surface area contributed by atoms with Crippen LogP contribution in [0.1, 0.15) is 53.9 Å². The van der Waals surface area contributed by atoms with Crippen molar-refractivity contribution < 1.29 is 14.3 Å². The molecular formula is C30H31N5O3. The maximum atomic E-state index is 13.3. The van der Waals surface area contributed by atoms with Gasteiger partial charge in [-0.2, -0.15) is 0 Å². The van der Waals surface area contributed by atoms with Crippen LogP contribution < -0.4 is 20.1 Å². The molecule has 1 aliphatic rings. The van der Waals surface area contributed by atoms with Gasteiger partial charge in [0.15, 0.2) is 0 Å². The van der Waals surface area contributed by atoms with E-state index in [0.29, 0.717) is 51.8 Å². The second kappa shape index (κ2) is 11.7. The highest BCUT2D eigenvalue weighted by atomic mass is 16.5. The normalized spacial score (nSPS) is 13.5. The van der Waals surface area contributed by atoms with Crippen molar-refractivity contribution in [3.63, 3.8) is 0 Å². The Bertz CT molecular complexity index is 1420. The summed E-state index contributed by atoms with van der Waals surface area (Å²) in [6.45, 7) is 0. The summed E-state index contributed by atoms with van der Waals surface area (Å²) in [6.07, 6.45) is 9.48.